The second-order valence-corrected chi connectivity index (χ2v) is 11.2. The highest BCUT2D eigenvalue weighted by molar-refractivity contribution is 5.95. The van der Waals surface area contributed by atoms with Crippen molar-refractivity contribution in [1.82, 2.24) is 19.7 Å². The number of rotatable bonds is 5. The number of hydrogen-bond donors (Lipinski definition) is 0. The highest BCUT2D eigenvalue weighted by Gasteiger charge is 2.32. The summed E-state index contributed by atoms with van der Waals surface area (Å²) in [4.78, 5) is 26.5. The molecule has 0 saturated carbocycles. The lowest BCUT2D eigenvalue weighted by Gasteiger charge is -2.45. The molecule has 0 unspecified atom stereocenters. The lowest BCUT2D eigenvalue weighted by molar-refractivity contribution is -0.136. The number of anilines is 1. The molecule has 8 nitrogen and oxygen atoms in total. The van der Waals surface area contributed by atoms with Crippen LogP contribution in [0.5, 0.6) is 0 Å². The van der Waals surface area contributed by atoms with Crippen LogP contribution >= 0.6 is 0 Å². The maximum absolute atomic E-state index is 12.3. The molecule has 3 aliphatic heterocycles. The molecule has 1 amide bonds. The fraction of sp³-hybridized carbons (Fsp3) is 0.621. The first-order valence-corrected chi connectivity index (χ1v) is 13.9. The molecule has 198 valence electrons. The molecule has 0 bridgehead atoms. The zero-order chi connectivity index (χ0) is 25.9. The Labute approximate surface area is 220 Å². The van der Waals surface area contributed by atoms with E-state index in [4.69, 9.17) is 4.74 Å². The fourth-order valence-corrected chi connectivity index (χ4v) is 6.28. The molecule has 2 aromatic rings. The maximum atomic E-state index is 12.3. The van der Waals surface area contributed by atoms with E-state index in [2.05, 4.69) is 49.7 Å². The monoisotopic (exact) mass is 504 g/mol. The van der Waals surface area contributed by atoms with Crippen LogP contribution < -0.4 is 4.90 Å². The first-order chi connectivity index (χ1) is 17.9. The normalized spacial score (nSPS) is 24.5. The number of nitriles is 1. The van der Waals surface area contributed by atoms with Gasteiger partial charge in [0.25, 0.3) is 0 Å². The molecule has 2 atom stereocenters. The van der Waals surface area contributed by atoms with Gasteiger partial charge in [0.15, 0.2) is 0 Å². The number of aromatic nitrogens is 1. The molecular weight excluding hydrogens is 464 g/mol. The van der Waals surface area contributed by atoms with E-state index >= 15 is 0 Å². The number of fused-ring (bicyclic) bond motifs is 1. The van der Waals surface area contributed by atoms with Gasteiger partial charge < -0.3 is 14.5 Å². The number of nitrogens with zero attached hydrogens (tertiary/aromatic N) is 6. The number of likely N-dealkylation sites (tertiary alicyclic amines) is 1. The maximum Gasteiger partial charge on any atom is 0.225 e. The summed E-state index contributed by atoms with van der Waals surface area (Å²) in [6.45, 7) is 14.8. The van der Waals surface area contributed by atoms with Gasteiger partial charge in [0.05, 0.1) is 23.3 Å². The van der Waals surface area contributed by atoms with E-state index in [0.717, 1.165) is 88.3 Å². The zero-order valence-electron chi connectivity index (χ0n) is 22.5. The number of morpholine rings is 1. The van der Waals surface area contributed by atoms with E-state index in [1.807, 2.05) is 26.0 Å². The third kappa shape index (κ3) is 5.74. The van der Waals surface area contributed by atoms with Crippen molar-refractivity contribution in [3.8, 4) is 6.07 Å². The lowest BCUT2D eigenvalue weighted by atomic mass is 10.0. The Hall–Kier alpha value is -2.73. The third-order valence-electron chi connectivity index (χ3n) is 8.19. The minimum atomic E-state index is 0.0908. The Balaban J connectivity index is 1.16. The van der Waals surface area contributed by atoms with Crippen LogP contribution in [0.25, 0.3) is 10.9 Å². The minimum Gasteiger partial charge on any atom is -0.370 e. The van der Waals surface area contributed by atoms with Gasteiger partial charge in [0.2, 0.25) is 5.91 Å². The van der Waals surface area contributed by atoms with Crippen molar-refractivity contribution in [1.29, 1.82) is 5.26 Å². The second-order valence-electron chi connectivity index (χ2n) is 11.2. The Morgan fingerprint density at radius 3 is 2.57 bits per heavy atom. The van der Waals surface area contributed by atoms with Gasteiger partial charge in [-0.05, 0) is 44.0 Å². The van der Waals surface area contributed by atoms with Gasteiger partial charge in [-0.15, -0.1) is 0 Å². The SMILES string of the molecule is CC(C)C(=O)N1CCC(N2CCN(C[C@H]3CN(c4ccc(C#N)c5ncccc45)C[C@@H](C)O3)CC2)CC1. The van der Waals surface area contributed by atoms with Crippen LogP contribution in [0.1, 0.15) is 39.2 Å². The molecule has 4 heterocycles. The Morgan fingerprint density at radius 1 is 1.11 bits per heavy atom. The van der Waals surface area contributed by atoms with Crippen molar-refractivity contribution in [2.24, 2.45) is 5.92 Å². The van der Waals surface area contributed by atoms with Crippen LogP contribution in [0, 0.1) is 17.2 Å². The third-order valence-corrected chi connectivity index (χ3v) is 8.19. The number of piperidine rings is 1. The molecule has 37 heavy (non-hydrogen) atoms. The highest BCUT2D eigenvalue weighted by Crippen LogP contribution is 2.30. The minimum absolute atomic E-state index is 0.0908. The van der Waals surface area contributed by atoms with E-state index < -0.39 is 0 Å². The molecule has 0 aliphatic carbocycles. The summed E-state index contributed by atoms with van der Waals surface area (Å²) in [7, 11) is 0. The number of hydrogen-bond acceptors (Lipinski definition) is 7. The van der Waals surface area contributed by atoms with Crippen molar-refractivity contribution < 1.29 is 9.53 Å². The topological polar surface area (TPSA) is 75.9 Å². The molecule has 3 saturated heterocycles. The lowest BCUT2D eigenvalue weighted by Crippen LogP contribution is -2.57. The fourth-order valence-electron chi connectivity index (χ4n) is 6.28. The van der Waals surface area contributed by atoms with Crippen molar-refractivity contribution in [2.45, 2.75) is 51.9 Å². The van der Waals surface area contributed by atoms with Crippen LogP contribution in [0.2, 0.25) is 0 Å². The van der Waals surface area contributed by atoms with Crippen LogP contribution in [-0.4, -0.2) is 103 Å². The zero-order valence-corrected chi connectivity index (χ0v) is 22.5. The van der Waals surface area contributed by atoms with Crippen LogP contribution in [0.3, 0.4) is 0 Å². The summed E-state index contributed by atoms with van der Waals surface area (Å²) in [6, 6.07) is 10.8. The van der Waals surface area contributed by atoms with E-state index in [-0.39, 0.29) is 18.1 Å². The average molecular weight is 505 g/mol. The predicted molar refractivity (Wildman–Crippen MR) is 145 cm³/mol. The number of benzene rings is 1. The molecule has 5 rings (SSSR count). The smallest absolute Gasteiger partial charge is 0.225 e. The predicted octanol–water partition coefficient (Wildman–Crippen LogP) is 2.96. The summed E-state index contributed by atoms with van der Waals surface area (Å²) in [5.41, 5.74) is 2.52. The van der Waals surface area contributed by atoms with Crippen molar-refractivity contribution >= 4 is 22.5 Å². The molecule has 1 aromatic heterocycles. The van der Waals surface area contributed by atoms with E-state index in [0.29, 0.717) is 17.5 Å². The number of amides is 1. The number of pyridine rings is 1. The van der Waals surface area contributed by atoms with Gasteiger partial charge in [0, 0.05) is 88.1 Å². The van der Waals surface area contributed by atoms with Crippen LogP contribution in [-0.2, 0) is 9.53 Å². The van der Waals surface area contributed by atoms with Gasteiger partial charge in [-0.3, -0.25) is 19.6 Å². The van der Waals surface area contributed by atoms with Crippen LogP contribution in [0.15, 0.2) is 30.5 Å². The quantitative estimate of drug-likeness (QED) is 0.620. The molecule has 3 fully saturated rings. The summed E-state index contributed by atoms with van der Waals surface area (Å²) < 4.78 is 6.39. The van der Waals surface area contributed by atoms with Gasteiger partial charge in [0.1, 0.15) is 6.07 Å². The molecule has 1 aromatic carbocycles. The molecule has 0 radical (unpaired) electrons. The largest absolute Gasteiger partial charge is 0.370 e. The number of carbonyl (C=O) groups excluding carboxylic acids is 1. The Bertz CT molecular complexity index is 1130. The van der Waals surface area contributed by atoms with E-state index in [9.17, 15) is 10.1 Å². The van der Waals surface area contributed by atoms with Gasteiger partial charge in [-0.25, -0.2) is 0 Å². The Morgan fingerprint density at radius 2 is 1.86 bits per heavy atom. The Kier molecular flexibility index (Phi) is 7.94. The first-order valence-electron chi connectivity index (χ1n) is 13.9. The summed E-state index contributed by atoms with van der Waals surface area (Å²) in [6.07, 6.45) is 4.21. The summed E-state index contributed by atoms with van der Waals surface area (Å²) in [5.74, 6) is 0.386. The standard InChI is InChI=1S/C29H40N6O2/c1-21(2)29(36)34-11-8-24(9-12-34)33-15-13-32(14-16-33)19-25-20-35(18-22(3)37-25)27-7-6-23(17-30)28-26(27)5-4-10-31-28/h4-7,10,21-22,24-25H,8-9,11-16,18-20H2,1-3H3/t22-,25+/m1/s1. The van der Waals surface area contributed by atoms with Crippen LogP contribution in [0.4, 0.5) is 5.69 Å². The molecule has 0 N–H and O–H groups in total. The van der Waals surface area contributed by atoms with Gasteiger partial charge in [-0.1, -0.05) is 13.8 Å². The van der Waals surface area contributed by atoms with E-state index in [1.165, 1.54) is 0 Å². The summed E-state index contributed by atoms with van der Waals surface area (Å²) in [5, 5.41) is 10.5. The van der Waals surface area contributed by atoms with Gasteiger partial charge in [-0.2, -0.15) is 5.26 Å². The molecule has 0 spiro atoms. The highest BCUT2D eigenvalue weighted by atomic mass is 16.5. The van der Waals surface area contributed by atoms with Gasteiger partial charge >= 0.3 is 0 Å². The van der Waals surface area contributed by atoms with Crippen molar-refractivity contribution in [3.63, 3.8) is 0 Å². The second kappa shape index (κ2) is 11.3. The average Bonchev–Trinajstić information content (AvgIpc) is 2.92. The molecule has 3 aliphatic rings. The number of ether oxygens (including phenoxy) is 1. The number of piperazine rings is 1. The van der Waals surface area contributed by atoms with Crippen molar-refractivity contribution in [3.05, 3.63) is 36.0 Å². The molecule has 8 heteroatoms. The van der Waals surface area contributed by atoms with E-state index in [1.54, 1.807) is 6.20 Å². The molecular formula is C29H40N6O2. The number of carbonyl (C=O) groups is 1. The first kappa shape index (κ1) is 25.9. The van der Waals surface area contributed by atoms with Crippen molar-refractivity contribution in [2.75, 3.05) is 63.8 Å². The summed E-state index contributed by atoms with van der Waals surface area (Å²) >= 11 is 0.